The van der Waals surface area contributed by atoms with E-state index in [1.807, 2.05) is 6.07 Å². The van der Waals surface area contributed by atoms with Crippen LogP contribution in [0.1, 0.15) is 0 Å². The molecule has 0 amide bonds. The number of aromatic nitrogens is 1. The number of benzene rings is 1. The van der Waals surface area contributed by atoms with Crippen LogP contribution in [0.2, 0.25) is 0 Å². The first-order valence-electron chi connectivity index (χ1n) is 4.81. The number of aliphatic carboxylic acids is 1. The molecular weight excluding hydrogens is 209 g/mol. The van der Waals surface area contributed by atoms with Crippen molar-refractivity contribution in [1.82, 2.24) is 4.57 Å². The van der Waals surface area contributed by atoms with Crippen molar-refractivity contribution in [2.24, 2.45) is 0 Å². The Hall–Kier alpha value is -2.10. The fraction of sp³-hybridized carbons (Fsp3) is 0.0833. The maximum atomic E-state index is 13.0. The summed E-state index contributed by atoms with van der Waals surface area (Å²) in [5.41, 5.74) is 0.759. The van der Waals surface area contributed by atoms with Crippen LogP contribution in [0.25, 0.3) is 10.9 Å². The molecule has 1 aromatic carbocycles. The number of allylic oxidation sites excluding steroid dienone is 1. The van der Waals surface area contributed by atoms with Gasteiger partial charge in [0.2, 0.25) is 0 Å². The minimum absolute atomic E-state index is 0.297. The SMILES string of the molecule is O=C(O)C=CCn1ccc2ccc(F)cc21. The zero-order valence-electron chi connectivity index (χ0n) is 8.43. The summed E-state index contributed by atoms with van der Waals surface area (Å²) in [6.45, 7) is 0.416. The number of hydrogen-bond acceptors (Lipinski definition) is 1. The Balaban J connectivity index is 2.31. The van der Waals surface area contributed by atoms with Gasteiger partial charge in [-0.05, 0) is 29.7 Å². The molecule has 0 aliphatic rings. The quantitative estimate of drug-likeness (QED) is 0.805. The Kier molecular flexibility index (Phi) is 2.72. The zero-order chi connectivity index (χ0) is 11.5. The lowest BCUT2D eigenvalue weighted by atomic mass is 10.2. The highest BCUT2D eigenvalue weighted by Gasteiger charge is 2.00. The second-order valence-electron chi connectivity index (χ2n) is 3.41. The van der Waals surface area contributed by atoms with Gasteiger partial charge in [-0.15, -0.1) is 0 Å². The summed E-state index contributed by atoms with van der Waals surface area (Å²) in [5.74, 6) is -1.28. The van der Waals surface area contributed by atoms with Crippen molar-refractivity contribution in [1.29, 1.82) is 0 Å². The largest absolute Gasteiger partial charge is 0.478 e. The third kappa shape index (κ3) is 2.11. The Morgan fingerprint density at radius 2 is 2.25 bits per heavy atom. The van der Waals surface area contributed by atoms with Gasteiger partial charge < -0.3 is 9.67 Å². The second kappa shape index (κ2) is 4.18. The molecule has 0 unspecified atom stereocenters. The molecule has 1 aromatic heterocycles. The average Bonchev–Trinajstić information content (AvgIpc) is 2.60. The summed E-state index contributed by atoms with van der Waals surface area (Å²) >= 11 is 0. The van der Waals surface area contributed by atoms with Crippen molar-refractivity contribution in [3.8, 4) is 0 Å². The van der Waals surface area contributed by atoms with Gasteiger partial charge in [-0.3, -0.25) is 0 Å². The van der Waals surface area contributed by atoms with Crippen LogP contribution in [0.4, 0.5) is 4.39 Å². The van der Waals surface area contributed by atoms with Gasteiger partial charge in [0.1, 0.15) is 5.82 Å². The summed E-state index contributed by atoms with van der Waals surface area (Å²) in [7, 11) is 0. The van der Waals surface area contributed by atoms with Crippen LogP contribution in [0.3, 0.4) is 0 Å². The van der Waals surface area contributed by atoms with E-state index in [9.17, 15) is 9.18 Å². The van der Waals surface area contributed by atoms with Crippen LogP contribution in [0.5, 0.6) is 0 Å². The van der Waals surface area contributed by atoms with E-state index in [1.54, 1.807) is 16.8 Å². The molecule has 0 radical (unpaired) electrons. The molecule has 0 saturated carbocycles. The molecule has 0 saturated heterocycles. The molecule has 0 aliphatic carbocycles. The second-order valence-corrected chi connectivity index (χ2v) is 3.41. The van der Waals surface area contributed by atoms with Crippen molar-refractivity contribution in [2.75, 3.05) is 0 Å². The van der Waals surface area contributed by atoms with Crippen LogP contribution in [-0.4, -0.2) is 15.6 Å². The predicted molar refractivity (Wildman–Crippen MR) is 58.7 cm³/mol. The molecule has 0 bridgehead atoms. The topological polar surface area (TPSA) is 42.2 Å². The fourth-order valence-electron chi connectivity index (χ4n) is 1.58. The van der Waals surface area contributed by atoms with Gasteiger partial charge in [-0.1, -0.05) is 6.08 Å². The smallest absolute Gasteiger partial charge is 0.328 e. The van der Waals surface area contributed by atoms with E-state index in [4.69, 9.17) is 5.11 Å². The Bertz CT molecular complexity index is 557. The average molecular weight is 219 g/mol. The van der Waals surface area contributed by atoms with E-state index in [0.717, 1.165) is 17.0 Å². The molecular formula is C12H10FNO2. The summed E-state index contributed by atoms with van der Waals surface area (Å²) in [5, 5.41) is 9.38. The molecule has 3 nitrogen and oxygen atoms in total. The monoisotopic (exact) mass is 219 g/mol. The van der Waals surface area contributed by atoms with E-state index < -0.39 is 5.97 Å². The fourth-order valence-corrected chi connectivity index (χ4v) is 1.58. The standard InChI is InChI=1S/C12H10FNO2/c13-10-4-3-9-5-7-14(11(9)8-10)6-1-2-12(15)16/h1-5,7-8H,6H2,(H,15,16). The summed E-state index contributed by atoms with van der Waals surface area (Å²) in [4.78, 5) is 10.3. The summed E-state index contributed by atoms with van der Waals surface area (Å²) in [6.07, 6.45) is 4.40. The highest BCUT2D eigenvalue weighted by molar-refractivity contribution is 5.81. The third-order valence-corrected chi connectivity index (χ3v) is 2.30. The van der Waals surface area contributed by atoms with Gasteiger partial charge in [0, 0.05) is 18.8 Å². The molecule has 0 fully saturated rings. The lowest BCUT2D eigenvalue weighted by molar-refractivity contribution is -0.131. The number of nitrogens with zero attached hydrogens (tertiary/aromatic N) is 1. The summed E-state index contributed by atoms with van der Waals surface area (Å²) in [6, 6.07) is 6.40. The molecule has 0 atom stereocenters. The zero-order valence-corrected chi connectivity index (χ0v) is 8.43. The maximum Gasteiger partial charge on any atom is 0.328 e. The number of carboxylic acid groups (broad SMARTS) is 1. The third-order valence-electron chi connectivity index (χ3n) is 2.30. The van der Waals surface area contributed by atoms with Gasteiger partial charge in [0.15, 0.2) is 0 Å². The van der Waals surface area contributed by atoms with E-state index in [0.29, 0.717) is 6.54 Å². The van der Waals surface area contributed by atoms with Crippen molar-refractivity contribution in [3.05, 3.63) is 48.4 Å². The van der Waals surface area contributed by atoms with Crippen molar-refractivity contribution in [2.45, 2.75) is 6.54 Å². The van der Waals surface area contributed by atoms with Crippen molar-refractivity contribution >= 4 is 16.9 Å². The Morgan fingerprint density at radius 3 is 3.00 bits per heavy atom. The first-order valence-corrected chi connectivity index (χ1v) is 4.81. The lowest BCUT2D eigenvalue weighted by Gasteiger charge is -2.00. The van der Waals surface area contributed by atoms with E-state index in [1.165, 1.54) is 18.2 Å². The van der Waals surface area contributed by atoms with Gasteiger partial charge in [0.05, 0.1) is 5.52 Å². The number of carboxylic acids is 1. The molecule has 1 N–H and O–H groups in total. The molecule has 4 heteroatoms. The van der Waals surface area contributed by atoms with Gasteiger partial charge in [-0.2, -0.15) is 0 Å². The maximum absolute atomic E-state index is 13.0. The number of fused-ring (bicyclic) bond motifs is 1. The van der Waals surface area contributed by atoms with Crippen LogP contribution >= 0.6 is 0 Å². The van der Waals surface area contributed by atoms with Crippen molar-refractivity contribution < 1.29 is 14.3 Å². The lowest BCUT2D eigenvalue weighted by Crippen LogP contribution is -1.94. The Labute approximate surface area is 91.4 Å². The normalized spacial score (nSPS) is 11.3. The molecule has 16 heavy (non-hydrogen) atoms. The van der Waals surface area contributed by atoms with Crippen LogP contribution < -0.4 is 0 Å². The molecule has 1 heterocycles. The molecule has 2 aromatic rings. The van der Waals surface area contributed by atoms with Crippen LogP contribution in [0.15, 0.2) is 42.6 Å². The number of rotatable bonds is 3. The minimum atomic E-state index is -0.984. The van der Waals surface area contributed by atoms with E-state index >= 15 is 0 Å². The molecule has 82 valence electrons. The van der Waals surface area contributed by atoms with Crippen LogP contribution in [-0.2, 0) is 11.3 Å². The first-order chi connectivity index (χ1) is 7.66. The molecule has 0 spiro atoms. The van der Waals surface area contributed by atoms with Crippen molar-refractivity contribution in [3.63, 3.8) is 0 Å². The van der Waals surface area contributed by atoms with Gasteiger partial charge >= 0.3 is 5.97 Å². The highest BCUT2D eigenvalue weighted by atomic mass is 19.1. The number of hydrogen-bond donors (Lipinski definition) is 1. The van der Waals surface area contributed by atoms with Gasteiger partial charge in [-0.25, -0.2) is 9.18 Å². The molecule has 2 rings (SSSR count). The number of halogens is 1. The molecule has 0 aliphatic heterocycles. The first kappa shape index (κ1) is 10.4. The predicted octanol–water partition coefficient (Wildman–Crippen LogP) is 2.42. The van der Waals surface area contributed by atoms with E-state index in [2.05, 4.69) is 0 Å². The summed E-state index contributed by atoms with van der Waals surface area (Å²) < 4.78 is 14.8. The minimum Gasteiger partial charge on any atom is -0.478 e. The highest BCUT2D eigenvalue weighted by Crippen LogP contribution is 2.16. The van der Waals surface area contributed by atoms with E-state index in [-0.39, 0.29) is 5.82 Å². The Morgan fingerprint density at radius 1 is 1.44 bits per heavy atom. The van der Waals surface area contributed by atoms with Crippen LogP contribution in [0, 0.1) is 5.82 Å². The van der Waals surface area contributed by atoms with Gasteiger partial charge in [0.25, 0.3) is 0 Å². The number of carbonyl (C=O) groups is 1.